The summed E-state index contributed by atoms with van der Waals surface area (Å²) in [5.74, 6) is 1.45. The largest absolute Gasteiger partial charge is 0.383 e. The van der Waals surface area contributed by atoms with Crippen LogP contribution in [0.4, 0.5) is 5.82 Å². The fraction of sp³-hybridized carbons (Fsp3) is 0.308. The Bertz CT molecular complexity index is 543. The second kappa shape index (κ2) is 4.18. The smallest absolute Gasteiger partial charge is 0.136 e. The summed E-state index contributed by atoms with van der Waals surface area (Å²) in [5.41, 5.74) is 8.73. The fourth-order valence-electron chi connectivity index (χ4n) is 2.13. The van der Waals surface area contributed by atoms with Gasteiger partial charge < -0.3 is 5.73 Å². The number of benzene rings is 1. The van der Waals surface area contributed by atoms with Crippen molar-refractivity contribution in [2.24, 2.45) is 0 Å². The molecule has 1 aromatic heterocycles. The first kappa shape index (κ1) is 10.8. The highest BCUT2D eigenvalue weighted by Gasteiger charge is 2.25. The van der Waals surface area contributed by atoms with Gasteiger partial charge in [-0.05, 0) is 45.8 Å². The molecule has 1 fully saturated rings. The summed E-state index contributed by atoms with van der Waals surface area (Å²) in [7, 11) is 0. The predicted molar refractivity (Wildman–Crippen MR) is 71.9 cm³/mol. The summed E-state index contributed by atoms with van der Waals surface area (Å²) >= 11 is 3.38. The van der Waals surface area contributed by atoms with Crippen molar-refractivity contribution in [3.63, 3.8) is 0 Å². The van der Waals surface area contributed by atoms with E-state index in [1.807, 2.05) is 4.68 Å². The molecule has 0 amide bonds. The summed E-state index contributed by atoms with van der Waals surface area (Å²) in [4.78, 5) is 0. The maximum Gasteiger partial charge on any atom is 0.136 e. The molecule has 3 nitrogen and oxygen atoms in total. The van der Waals surface area contributed by atoms with E-state index in [2.05, 4.69) is 45.3 Å². The average Bonchev–Trinajstić information content (AvgIpc) is 3.13. The minimum absolute atomic E-state index is 0.690. The van der Waals surface area contributed by atoms with E-state index in [-0.39, 0.29) is 0 Å². The molecule has 1 heterocycles. The quantitative estimate of drug-likeness (QED) is 0.944. The van der Waals surface area contributed by atoms with Crippen molar-refractivity contribution in [3.8, 4) is 0 Å². The Morgan fingerprint density at radius 3 is 2.76 bits per heavy atom. The third-order valence-electron chi connectivity index (χ3n) is 3.23. The molecule has 1 aromatic carbocycles. The van der Waals surface area contributed by atoms with Crippen LogP contribution in [0, 0.1) is 0 Å². The van der Waals surface area contributed by atoms with Crippen molar-refractivity contribution in [3.05, 3.63) is 46.1 Å². The van der Waals surface area contributed by atoms with Crippen LogP contribution in [-0.4, -0.2) is 9.78 Å². The Morgan fingerprint density at radius 1 is 1.35 bits per heavy atom. The Kier molecular flexibility index (Phi) is 2.67. The molecule has 0 aliphatic heterocycles. The lowest BCUT2D eigenvalue weighted by Gasteiger charge is -2.09. The molecule has 4 heteroatoms. The van der Waals surface area contributed by atoms with Gasteiger partial charge in [-0.2, -0.15) is 5.10 Å². The second-order valence-electron chi connectivity index (χ2n) is 4.51. The number of aromatic nitrogens is 2. The zero-order valence-electron chi connectivity index (χ0n) is 9.44. The Morgan fingerprint density at radius 2 is 2.12 bits per heavy atom. The van der Waals surface area contributed by atoms with E-state index in [1.165, 1.54) is 24.0 Å². The van der Waals surface area contributed by atoms with E-state index in [4.69, 9.17) is 5.73 Å². The van der Waals surface area contributed by atoms with Crippen LogP contribution in [0.2, 0.25) is 0 Å². The third kappa shape index (κ3) is 2.09. The van der Waals surface area contributed by atoms with Crippen LogP contribution in [0.15, 0.2) is 34.9 Å². The van der Waals surface area contributed by atoms with Gasteiger partial charge in [0.2, 0.25) is 0 Å². The van der Waals surface area contributed by atoms with Gasteiger partial charge >= 0.3 is 0 Å². The lowest BCUT2D eigenvalue weighted by atomic mass is 10.0. The summed E-state index contributed by atoms with van der Waals surface area (Å²) in [6.07, 6.45) is 4.37. The summed E-state index contributed by atoms with van der Waals surface area (Å²) in [6, 6.07) is 8.58. The zero-order valence-corrected chi connectivity index (χ0v) is 11.0. The van der Waals surface area contributed by atoms with E-state index >= 15 is 0 Å². The van der Waals surface area contributed by atoms with Crippen LogP contribution in [-0.2, 0) is 6.54 Å². The van der Waals surface area contributed by atoms with Crippen LogP contribution in [0.5, 0.6) is 0 Å². The summed E-state index contributed by atoms with van der Waals surface area (Å²) in [5, 5.41) is 4.28. The lowest BCUT2D eigenvalue weighted by Crippen LogP contribution is -2.07. The highest BCUT2D eigenvalue weighted by Crippen LogP contribution is 2.41. The van der Waals surface area contributed by atoms with E-state index < -0.39 is 0 Å². The number of nitrogen functional groups attached to an aromatic ring is 1. The molecule has 0 bridgehead atoms. The first-order valence-corrected chi connectivity index (χ1v) is 6.59. The zero-order chi connectivity index (χ0) is 11.8. The number of nitrogens with zero attached hydrogens (tertiary/aromatic N) is 2. The standard InChI is InChI=1S/C13H14BrN3/c14-12-7-16-17(13(12)15)8-10-3-1-2-4-11(10)9-5-6-9/h1-4,7,9H,5-6,8,15H2. The number of halogens is 1. The molecule has 1 saturated carbocycles. The molecule has 0 spiro atoms. The topological polar surface area (TPSA) is 43.8 Å². The van der Waals surface area contributed by atoms with Crippen LogP contribution >= 0.6 is 15.9 Å². The Labute approximate surface area is 109 Å². The normalized spacial score (nSPS) is 15.1. The van der Waals surface area contributed by atoms with Gasteiger partial charge in [0.15, 0.2) is 0 Å². The monoisotopic (exact) mass is 291 g/mol. The molecular weight excluding hydrogens is 278 g/mol. The first-order chi connectivity index (χ1) is 8.25. The first-order valence-electron chi connectivity index (χ1n) is 5.80. The van der Waals surface area contributed by atoms with Crippen LogP contribution in [0.1, 0.15) is 29.9 Å². The van der Waals surface area contributed by atoms with E-state index in [1.54, 1.807) is 6.20 Å². The maximum atomic E-state index is 5.95. The van der Waals surface area contributed by atoms with Crippen molar-refractivity contribution < 1.29 is 0 Å². The van der Waals surface area contributed by atoms with Crippen molar-refractivity contribution in [1.29, 1.82) is 0 Å². The molecule has 0 radical (unpaired) electrons. The third-order valence-corrected chi connectivity index (χ3v) is 3.84. The van der Waals surface area contributed by atoms with Gasteiger partial charge in [0.1, 0.15) is 5.82 Å². The number of hydrogen-bond acceptors (Lipinski definition) is 2. The minimum atomic E-state index is 0.690. The Hall–Kier alpha value is -1.29. The molecule has 2 aromatic rings. The molecule has 0 saturated heterocycles. The Balaban J connectivity index is 1.92. The van der Waals surface area contributed by atoms with Gasteiger partial charge in [-0.3, -0.25) is 0 Å². The van der Waals surface area contributed by atoms with E-state index in [9.17, 15) is 0 Å². The summed E-state index contributed by atoms with van der Waals surface area (Å²) < 4.78 is 2.70. The molecule has 3 rings (SSSR count). The van der Waals surface area contributed by atoms with Gasteiger partial charge in [-0.15, -0.1) is 0 Å². The number of nitrogens with two attached hydrogens (primary N) is 1. The maximum absolute atomic E-state index is 5.95. The van der Waals surface area contributed by atoms with Crippen LogP contribution < -0.4 is 5.73 Å². The number of anilines is 1. The predicted octanol–water partition coefficient (Wildman–Crippen LogP) is 3.15. The lowest BCUT2D eigenvalue weighted by molar-refractivity contribution is 0.691. The fourth-order valence-corrected chi connectivity index (χ4v) is 2.43. The van der Waals surface area contributed by atoms with E-state index in [0.29, 0.717) is 5.82 Å². The van der Waals surface area contributed by atoms with Crippen molar-refractivity contribution in [2.45, 2.75) is 25.3 Å². The average molecular weight is 292 g/mol. The molecule has 1 aliphatic carbocycles. The molecule has 17 heavy (non-hydrogen) atoms. The number of rotatable bonds is 3. The molecule has 0 atom stereocenters. The van der Waals surface area contributed by atoms with Gasteiger partial charge in [0.25, 0.3) is 0 Å². The highest BCUT2D eigenvalue weighted by atomic mass is 79.9. The molecule has 88 valence electrons. The van der Waals surface area contributed by atoms with Gasteiger partial charge in [-0.1, -0.05) is 24.3 Å². The van der Waals surface area contributed by atoms with Crippen molar-refractivity contribution in [2.75, 3.05) is 5.73 Å². The van der Waals surface area contributed by atoms with Gasteiger partial charge in [0.05, 0.1) is 17.2 Å². The summed E-state index contributed by atoms with van der Waals surface area (Å²) in [6.45, 7) is 0.754. The van der Waals surface area contributed by atoms with Crippen LogP contribution in [0.25, 0.3) is 0 Å². The highest BCUT2D eigenvalue weighted by molar-refractivity contribution is 9.10. The van der Waals surface area contributed by atoms with Gasteiger partial charge in [-0.25, -0.2) is 4.68 Å². The second-order valence-corrected chi connectivity index (χ2v) is 5.36. The molecular formula is C13H14BrN3. The molecule has 2 N–H and O–H groups in total. The number of hydrogen-bond donors (Lipinski definition) is 1. The van der Waals surface area contributed by atoms with Crippen LogP contribution in [0.3, 0.4) is 0 Å². The van der Waals surface area contributed by atoms with Gasteiger partial charge in [0, 0.05) is 0 Å². The van der Waals surface area contributed by atoms with E-state index in [0.717, 1.165) is 16.9 Å². The molecule has 1 aliphatic rings. The van der Waals surface area contributed by atoms with Crippen molar-refractivity contribution >= 4 is 21.7 Å². The van der Waals surface area contributed by atoms with Crippen molar-refractivity contribution in [1.82, 2.24) is 9.78 Å². The molecule has 0 unspecified atom stereocenters. The minimum Gasteiger partial charge on any atom is -0.383 e. The SMILES string of the molecule is Nc1c(Br)cnn1Cc1ccccc1C1CC1.